The van der Waals surface area contributed by atoms with Gasteiger partial charge in [-0.15, -0.1) is 0 Å². The molecule has 2 fully saturated rings. The van der Waals surface area contributed by atoms with Crippen LogP contribution < -0.4 is 5.32 Å². The Bertz CT molecular complexity index is 1290. The topological polar surface area (TPSA) is 99.7 Å². The number of rotatable bonds is 5. The SMILES string of the molecule is CC(C)[C@@H](NC(=O)c1cc(C(F)(F)F)ccc1F)C(=O)N1CCC2(CC1)C(=O)N(C)C(=O)C2c1ccccn1. The molecule has 0 bridgehead atoms. The molecule has 0 radical (unpaired) electrons. The van der Waals surface area contributed by atoms with Gasteiger partial charge >= 0.3 is 6.18 Å². The second kappa shape index (κ2) is 10.4. The summed E-state index contributed by atoms with van der Waals surface area (Å²) < 4.78 is 53.6. The van der Waals surface area contributed by atoms with Gasteiger partial charge in [0.2, 0.25) is 17.7 Å². The van der Waals surface area contributed by atoms with Crippen LogP contribution in [0.4, 0.5) is 17.6 Å². The molecule has 1 N–H and O–H groups in total. The maximum absolute atomic E-state index is 14.3. The van der Waals surface area contributed by atoms with E-state index < -0.39 is 58.2 Å². The van der Waals surface area contributed by atoms with Crippen molar-refractivity contribution in [3.8, 4) is 0 Å². The number of nitrogens with one attached hydrogen (secondary N) is 1. The van der Waals surface area contributed by atoms with Crippen molar-refractivity contribution >= 4 is 23.6 Å². The number of imide groups is 1. The van der Waals surface area contributed by atoms with Gasteiger partial charge in [0.25, 0.3) is 5.91 Å². The second-order valence-electron chi connectivity index (χ2n) is 10.3. The van der Waals surface area contributed by atoms with Gasteiger partial charge in [0, 0.05) is 26.3 Å². The summed E-state index contributed by atoms with van der Waals surface area (Å²) in [6, 6.07) is 5.46. The molecule has 1 aromatic heterocycles. The molecule has 2 aliphatic rings. The smallest absolute Gasteiger partial charge is 0.341 e. The van der Waals surface area contributed by atoms with E-state index in [9.17, 15) is 36.7 Å². The van der Waals surface area contributed by atoms with E-state index in [1.807, 2.05) is 0 Å². The highest BCUT2D eigenvalue weighted by Crippen LogP contribution is 2.50. The number of amides is 4. The minimum atomic E-state index is -4.78. The van der Waals surface area contributed by atoms with E-state index >= 15 is 0 Å². The van der Waals surface area contributed by atoms with Gasteiger partial charge in [0.1, 0.15) is 11.9 Å². The maximum Gasteiger partial charge on any atom is 0.416 e. The lowest BCUT2D eigenvalue weighted by Crippen LogP contribution is -2.55. The molecule has 0 saturated carbocycles. The van der Waals surface area contributed by atoms with Crippen molar-refractivity contribution in [3.05, 3.63) is 65.2 Å². The van der Waals surface area contributed by atoms with Crippen molar-refractivity contribution in [3.63, 3.8) is 0 Å². The zero-order valence-corrected chi connectivity index (χ0v) is 21.6. The third-order valence-electron chi connectivity index (χ3n) is 7.57. The Kier molecular flexibility index (Phi) is 7.50. The minimum absolute atomic E-state index is 0.103. The first-order chi connectivity index (χ1) is 18.3. The molecule has 1 aromatic carbocycles. The highest BCUT2D eigenvalue weighted by Gasteiger charge is 2.60. The molecule has 3 heterocycles. The summed E-state index contributed by atoms with van der Waals surface area (Å²) in [7, 11) is 1.42. The van der Waals surface area contributed by atoms with Crippen LogP contribution in [0.15, 0.2) is 42.6 Å². The van der Waals surface area contributed by atoms with Gasteiger partial charge < -0.3 is 10.2 Å². The molecule has 0 aliphatic carbocycles. The number of likely N-dealkylation sites (tertiary alicyclic amines) is 2. The molecular weight excluding hydrogens is 520 g/mol. The van der Waals surface area contributed by atoms with E-state index in [4.69, 9.17) is 0 Å². The molecule has 8 nitrogen and oxygen atoms in total. The number of carbonyl (C=O) groups excluding carboxylic acids is 4. The minimum Gasteiger partial charge on any atom is -0.341 e. The monoisotopic (exact) mass is 548 g/mol. The van der Waals surface area contributed by atoms with Crippen molar-refractivity contribution in [2.75, 3.05) is 20.1 Å². The third kappa shape index (κ3) is 5.11. The molecule has 39 heavy (non-hydrogen) atoms. The molecule has 12 heteroatoms. The van der Waals surface area contributed by atoms with Crippen LogP contribution in [-0.2, 0) is 20.6 Å². The Hall–Kier alpha value is -3.83. The summed E-state index contributed by atoms with van der Waals surface area (Å²) in [5.41, 5.74) is -2.62. The van der Waals surface area contributed by atoms with Crippen molar-refractivity contribution < 1.29 is 36.7 Å². The summed E-state index contributed by atoms with van der Waals surface area (Å²) in [5, 5.41) is 2.39. The number of halogens is 4. The molecule has 1 unspecified atom stereocenters. The number of hydrogen-bond donors (Lipinski definition) is 1. The number of piperidine rings is 1. The maximum atomic E-state index is 14.3. The molecule has 2 aliphatic heterocycles. The fourth-order valence-electron chi connectivity index (χ4n) is 5.38. The standard InChI is InChI=1S/C27H28F4N4O4/c1-15(2)21(33-22(36)17-14-16(27(29,30)31)7-8-18(17)28)24(38)35-12-9-26(10-13-35)20(19-6-4-5-11-32-19)23(37)34(3)25(26)39/h4-8,11,14-15,20-21H,9-10,12-13H2,1-3H3,(H,33,36)/t20?,21-/m1/s1. The number of aromatic nitrogens is 1. The fourth-order valence-corrected chi connectivity index (χ4v) is 5.38. The molecule has 2 aromatic rings. The van der Waals surface area contributed by atoms with Gasteiger partial charge in [-0.3, -0.25) is 29.1 Å². The van der Waals surface area contributed by atoms with E-state index in [1.54, 1.807) is 38.2 Å². The first-order valence-electron chi connectivity index (χ1n) is 12.5. The van der Waals surface area contributed by atoms with Gasteiger partial charge in [-0.05, 0) is 49.1 Å². The normalized spacial score (nSPS) is 20.1. The Morgan fingerprint density at radius 2 is 1.77 bits per heavy atom. The van der Waals surface area contributed by atoms with E-state index in [0.29, 0.717) is 23.9 Å². The fraction of sp³-hybridized carbons (Fsp3) is 0.444. The molecular formula is C27H28F4N4O4. The number of benzene rings is 1. The van der Waals surface area contributed by atoms with Crippen LogP contribution in [0.2, 0.25) is 0 Å². The lowest BCUT2D eigenvalue weighted by Gasteiger charge is -2.41. The van der Waals surface area contributed by atoms with Crippen LogP contribution in [0.1, 0.15) is 54.2 Å². The van der Waals surface area contributed by atoms with Gasteiger partial charge in [0.05, 0.1) is 28.2 Å². The Morgan fingerprint density at radius 3 is 2.33 bits per heavy atom. The predicted octanol–water partition coefficient (Wildman–Crippen LogP) is 3.39. The van der Waals surface area contributed by atoms with Crippen LogP contribution in [0.5, 0.6) is 0 Å². The van der Waals surface area contributed by atoms with Gasteiger partial charge in [0.15, 0.2) is 0 Å². The highest BCUT2D eigenvalue weighted by atomic mass is 19.4. The molecule has 208 valence electrons. The van der Waals surface area contributed by atoms with Gasteiger partial charge in [-0.1, -0.05) is 19.9 Å². The Labute approximate surface area is 222 Å². The number of likely N-dealkylation sites (N-methyl/N-ethyl adjacent to an activating group) is 1. The summed E-state index contributed by atoms with van der Waals surface area (Å²) >= 11 is 0. The van der Waals surface area contributed by atoms with Crippen molar-refractivity contribution in [2.24, 2.45) is 11.3 Å². The van der Waals surface area contributed by atoms with E-state index in [0.717, 1.165) is 4.90 Å². The number of carbonyl (C=O) groups is 4. The zero-order chi connectivity index (χ0) is 28.7. The number of nitrogens with zero attached hydrogens (tertiary/aromatic N) is 3. The van der Waals surface area contributed by atoms with E-state index in [2.05, 4.69) is 10.3 Å². The lowest BCUT2D eigenvalue weighted by molar-refractivity contribution is -0.144. The Balaban J connectivity index is 1.52. The van der Waals surface area contributed by atoms with Crippen LogP contribution in [0.3, 0.4) is 0 Å². The van der Waals surface area contributed by atoms with E-state index in [1.165, 1.54) is 11.9 Å². The number of hydrogen-bond acceptors (Lipinski definition) is 5. The van der Waals surface area contributed by atoms with Crippen LogP contribution >= 0.6 is 0 Å². The summed E-state index contributed by atoms with van der Waals surface area (Å²) in [5.74, 6) is -4.79. The Morgan fingerprint density at radius 1 is 1.10 bits per heavy atom. The summed E-state index contributed by atoms with van der Waals surface area (Å²) in [6.45, 7) is 3.49. The predicted molar refractivity (Wildman–Crippen MR) is 130 cm³/mol. The molecule has 4 amide bonds. The van der Waals surface area contributed by atoms with Gasteiger partial charge in [-0.25, -0.2) is 4.39 Å². The average Bonchev–Trinajstić information content (AvgIpc) is 3.07. The highest BCUT2D eigenvalue weighted by molar-refractivity contribution is 6.09. The van der Waals surface area contributed by atoms with Crippen molar-refractivity contribution in [1.29, 1.82) is 0 Å². The van der Waals surface area contributed by atoms with Crippen LogP contribution in [0.25, 0.3) is 0 Å². The molecule has 2 saturated heterocycles. The number of alkyl halides is 3. The quantitative estimate of drug-likeness (QED) is 0.456. The first kappa shape index (κ1) is 28.2. The first-order valence-corrected chi connectivity index (χ1v) is 12.5. The van der Waals surface area contributed by atoms with Crippen LogP contribution in [0, 0.1) is 17.2 Å². The average molecular weight is 549 g/mol. The molecule has 1 spiro atoms. The lowest BCUT2D eigenvalue weighted by atomic mass is 9.68. The van der Waals surface area contributed by atoms with Crippen LogP contribution in [-0.4, -0.2) is 64.6 Å². The van der Waals surface area contributed by atoms with Crippen molar-refractivity contribution in [2.45, 2.75) is 44.8 Å². The largest absolute Gasteiger partial charge is 0.416 e. The van der Waals surface area contributed by atoms with Gasteiger partial charge in [-0.2, -0.15) is 13.2 Å². The van der Waals surface area contributed by atoms with Crippen molar-refractivity contribution in [1.82, 2.24) is 20.1 Å². The molecule has 2 atom stereocenters. The summed E-state index contributed by atoms with van der Waals surface area (Å²) in [4.78, 5) is 59.3. The summed E-state index contributed by atoms with van der Waals surface area (Å²) in [6.07, 6.45) is -2.88. The second-order valence-corrected chi connectivity index (χ2v) is 10.3. The third-order valence-corrected chi connectivity index (χ3v) is 7.57. The number of pyridine rings is 1. The van der Waals surface area contributed by atoms with E-state index in [-0.39, 0.29) is 37.7 Å². The molecule has 4 rings (SSSR count). The zero-order valence-electron chi connectivity index (χ0n) is 21.6.